The van der Waals surface area contributed by atoms with Gasteiger partial charge in [-0.25, -0.2) is 4.90 Å². The summed E-state index contributed by atoms with van der Waals surface area (Å²) < 4.78 is 0. The quantitative estimate of drug-likeness (QED) is 0.498. The third-order valence-corrected chi connectivity index (χ3v) is 5.65. The van der Waals surface area contributed by atoms with Crippen LogP contribution in [0.2, 0.25) is 5.02 Å². The summed E-state index contributed by atoms with van der Waals surface area (Å²) in [5.74, 6) is -1.46. The summed E-state index contributed by atoms with van der Waals surface area (Å²) in [5, 5.41) is 6.04. The molecule has 160 valence electrons. The van der Waals surface area contributed by atoms with Crippen LogP contribution in [0.5, 0.6) is 0 Å². The number of carbonyl (C=O) groups is 3. The van der Waals surface area contributed by atoms with Gasteiger partial charge in [-0.05, 0) is 61.0 Å². The highest BCUT2D eigenvalue weighted by molar-refractivity contribution is 6.53. The molecule has 0 atom stereocenters. The predicted molar refractivity (Wildman–Crippen MR) is 126 cm³/mol. The maximum Gasteiger partial charge on any atom is 0.283 e. The number of imide groups is 1. The molecule has 0 spiro atoms. The van der Waals surface area contributed by atoms with Gasteiger partial charge in [-0.3, -0.25) is 14.4 Å². The molecule has 1 aliphatic rings. The van der Waals surface area contributed by atoms with Crippen LogP contribution in [0.25, 0.3) is 0 Å². The van der Waals surface area contributed by atoms with Crippen molar-refractivity contribution in [2.24, 2.45) is 0 Å². The fraction of sp³-hybridized carbons (Fsp3) is 0.0417. The molecule has 6 nitrogen and oxygen atoms in total. The van der Waals surface area contributed by atoms with Crippen LogP contribution in [0.15, 0.2) is 83.5 Å². The van der Waals surface area contributed by atoms with E-state index in [1.54, 1.807) is 66.7 Å². The van der Waals surface area contributed by atoms with Crippen molar-refractivity contribution in [2.75, 3.05) is 15.5 Å². The van der Waals surface area contributed by atoms with Crippen LogP contribution in [0.4, 0.5) is 17.1 Å². The lowest BCUT2D eigenvalue weighted by Gasteiger charge is -2.15. The average Bonchev–Trinajstić information content (AvgIpc) is 3.00. The minimum absolute atomic E-state index is 0.0213. The topological polar surface area (TPSA) is 78.5 Å². The maximum atomic E-state index is 12.8. The van der Waals surface area contributed by atoms with E-state index in [9.17, 15) is 14.4 Å². The van der Waals surface area contributed by atoms with Crippen molar-refractivity contribution in [3.8, 4) is 0 Å². The first-order chi connectivity index (χ1) is 15.3. The summed E-state index contributed by atoms with van der Waals surface area (Å²) >= 11 is 12.2. The highest BCUT2D eigenvalue weighted by atomic mass is 35.5. The van der Waals surface area contributed by atoms with Crippen LogP contribution >= 0.6 is 23.2 Å². The number of rotatable bonds is 5. The summed E-state index contributed by atoms with van der Waals surface area (Å²) in [7, 11) is 0. The molecule has 8 heteroatoms. The molecule has 0 saturated carbocycles. The molecule has 0 saturated heterocycles. The highest BCUT2D eigenvalue weighted by Crippen LogP contribution is 2.30. The first-order valence-corrected chi connectivity index (χ1v) is 10.4. The number of para-hydroxylation sites is 1. The normalized spacial score (nSPS) is 13.5. The van der Waals surface area contributed by atoms with Gasteiger partial charge >= 0.3 is 0 Å². The Hall–Kier alpha value is -3.61. The van der Waals surface area contributed by atoms with Gasteiger partial charge in [0.2, 0.25) is 0 Å². The molecule has 4 rings (SSSR count). The minimum Gasteiger partial charge on any atom is -0.350 e. The standard InChI is InChI=1S/C24H17Cl2N3O3/c1-14-7-10-17(13-19(14)25)28-22(30)15-8-11-16(12-9-15)27-21-20(26)23(31)29(24(21)32)18-5-3-2-4-6-18/h2-13,27H,1H3,(H,28,30). The molecule has 3 amide bonds. The molecule has 2 N–H and O–H groups in total. The molecule has 0 aliphatic carbocycles. The summed E-state index contributed by atoms with van der Waals surface area (Å²) in [4.78, 5) is 38.8. The van der Waals surface area contributed by atoms with Crippen molar-refractivity contribution in [1.29, 1.82) is 0 Å². The zero-order valence-corrected chi connectivity index (χ0v) is 18.4. The van der Waals surface area contributed by atoms with E-state index < -0.39 is 11.8 Å². The van der Waals surface area contributed by atoms with Gasteiger partial charge in [-0.2, -0.15) is 0 Å². The lowest BCUT2D eigenvalue weighted by molar-refractivity contribution is -0.120. The fourth-order valence-electron chi connectivity index (χ4n) is 3.15. The van der Waals surface area contributed by atoms with Gasteiger partial charge in [0.15, 0.2) is 0 Å². The van der Waals surface area contributed by atoms with Gasteiger partial charge in [-0.1, -0.05) is 47.5 Å². The zero-order chi connectivity index (χ0) is 22.8. The molecule has 1 aliphatic heterocycles. The highest BCUT2D eigenvalue weighted by Gasteiger charge is 2.38. The van der Waals surface area contributed by atoms with E-state index in [0.717, 1.165) is 10.5 Å². The summed E-state index contributed by atoms with van der Waals surface area (Å²) in [6.07, 6.45) is 0. The van der Waals surface area contributed by atoms with Crippen LogP contribution in [0, 0.1) is 6.92 Å². The Balaban J connectivity index is 1.47. The number of halogens is 2. The monoisotopic (exact) mass is 465 g/mol. The molecule has 1 heterocycles. The Morgan fingerprint density at radius 1 is 0.844 bits per heavy atom. The lowest BCUT2D eigenvalue weighted by Crippen LogP contribution is -2.32. The molecule has 3 aromatic carbocycles. The predicted octanol–water partition coefficient (Wildman–Crippen LogP) is 5.34. The zero-order valence-electron chi connectivity index (χ0n) is 16.9. The molecule has 0 unspecified atom stereocenters. The first-order valence-electron chi connectivity index (χ1n) is 9.63. The second-order valence-corrected chi connectivity index (χ2v) is 7.88. The van der Waals surface area contributed by atoms with E-state index >= 15 is 0 Å². The number of amides is 3. The van der Waals surface area contributed by atoms with Gasteiger partial charge in [0.1, 0.15) is 10.7 Å². The number of carbonyl (C=O) groups excluding carboxylic acids is 3. The van der Waals surface area contributed by atoms with E-state index in [1.807, 2.05) is 13.0 Å². The van der Waals surface area contributed by atoms with E-state index in [0.29, 0.717) is 27.6 Å². The number of anilines is 3. The fourth-order valence-corrected chi connectivity index (χ4v) is 3.54. The van der Waals surface area contributed by atoms with Crippen molar-refractivity contribution in [3.05, 3.63) is 99.7 Å². The Labute approximate surface area is 194 Å². The van der Waals surface area contributed by atoms with Gasteiger partial charge < -0.3 is 10.6 Å². The molecule has 0 radical (unpaired) electrons. The smallest absolute Gasteiger partial charge is 0.283 e. The van der Waals surface area contributed by atoms with E-state index in [4.69, 9.17) is 23.2 Å². The van der Waals surface area contributed by atoms with E-state index in [-0.39, 0.29) is 16.6 Å². The molecule has 3 aromatic rings. The third kappa shape index (κ3) is 4.23. The number of aryl methyl sites for hydroxylation is 1. The summed E-state index contributed by atoms with van der Waals surface area (Å²) in [6, 6.07) is 20.2. The van der Waals surface area contributed by atoms with Crippen molar-refractivity contribution >= 4 is 58.0 Å². The largest absolute Gasteiger partial charge is 0.350 e. The summed E-state index contributed by atoms with van der Waals surface area (Å²) in [5.41, 5.74) is 2.82. The molecule has 0 bridgehead atoms. The second kappa shape index (κ2) is 8.86. The molecular formula is C24H17Cl2N3O3. The Morgan fingerprint density at radius 2 is 1.50 bits per heavy atom. The van der Waals surface area contributed by atoms with Crippen molar-refractivity contribution in [2.45, 2.75) is 6.92 Å². The first kappa shape index (κ1) is 21.6. The number of nitrogens with one attached hydrogen (secondary N) is 2. The Bertz CT molecular complexity index is 1260. The van der Waals surface area contributed by atoms with Gasteiger partial charge in [0, 0.05) is 22.0 Å². The average molecular weight is 466 g/mol. The molecule has 32 heavy (non-hydrogen) atoms. The van der Waals surface area contributed by atoms with Crippen LogP contribution in [-0.4, -0.2) is 17.7 Å². The van der Waals surface area contributed by atoms with E-state index in [1.165, 1.54) is 0 Å². The lowest BCUT2D eigenvalue weighted by atomic mass is 10.1. The number of nitrogens with zero attached hydrogens (tertiary/aromatic N) is 1. The summed E-state index contributed by atoms with van der Waals surface area (Å²) in [6.45, 7) is 1.88. The Morgan fingerprint density at radius 3 is 2.16 bits per heavy atom. The van der Waals surface area contributed by atoms with Crippen molar-refractivity contribution in [3.63, 3.8) is 0 Å². The number of hydrogen-bond donors (Lipinski definition) is 2. The van der Waals surface area contributed by atoms with Gasteiger partial charge in [0.25, 0.3) is 17.7 Å². The van der Waals surface area contributed by atoms with Crippen LogP contribution in [-0.2, 0) is 9.59 Å². The molecule has 0 aromatic heterocycles. The second-order valence-electron chi connectivity index (χ2n) is 7.09. The van der Waals surface area contributed by atoms with Crippen molar-refractivity contribution < 1.29 is 14.4 Å². The van der Waals surface area contributed by atoms with Crippen LogP contribution in [0.3, 0.4) is 0 Å². The van der Waals surface area contributed by atoms with Crippen LogP contribution < -0.4 is 15.5 Å². The SMILES string of the molecule is Cc1ccc(NC(=O)c2ccc(NC3=C(Cl)C(=O)N(c4ccccc4)C3=O)cc2)cc1Cl. The molecular weight excluding hydrogens is 449 g/mol. The minimum atomic E-state index is -0.599. The van der Waals surface area contributed by atoms with Gasteiger partial charge in [0.05, 0.1) is 5.69 Å². The third-order valence-electron chi connectivity index (χ3n) is 4.89. The molecule has 0 fully saturated rings. The Kier molecular flexibility index (Phi) is 5.99. The number of benzene rings is 3. The number of hydrogen-bond acceptors (Lipinski definition) is 4. The maximum absolute atomic E-state index is 12.8. The van der Waals surface area contributed by atoms with Crippen molar-refractivity contribution in [1.82, 2.24) is 0 Å². The van der Waals surface area contributed by atoms with E-state index in [2.05, 4.69) is 10.6 Å². The van der Waals surface area contributed by atoms with Crippen LogP contribution in [0.1, 0.15) is 15.9 Å². The van der Waals surface area contributed by atoms with Gasteiger partial charge in [-0.15, -0.1) is 0 Å².